The number of hydrogen-bond acceptors (Lipinski definition) is 3. The Morgan fingerprint density at radius 3 is 1.83 bits per heavy atom. The van der Waals surface area contributed by atoms with Crippen LogP contribution >= 0.6 is 0 Å². The lowest BCUT2D eigenvalue weighted by molar-refractivity contribution is 0.208. The van der Waals surface area contributed by atoms with Crippen LogP contribution in [0, 0.1) is 13.8 Å². The molecule has 1 heterocycles. The van der Waals surface area contributed by atoms with Crippen molar-refractivity contribution < 1.29 is 9.47 Å². The summed E-state index contributed by atoms with van der Waals surface area (Å²) >= 11 is 0. The van der Waals surface area contributed by atoms with Crippen molar-refractivity contribution in [2.45, 2.75) is 77.4 Å². The fourth-order valence-electron chi connectivity index (χ4n) is 4.60. The topological polar surface area (TPSA) is 30.5 Å². The lowest BCUT2D eigenvalue weighted by atomic mass is 9.77. The highest BCUT2D eigenvalue weighted by Crippen LogP contribution is 2.36. The first-order valence-electron chi connectivity index (χ1n) is 11.2. The Balaban J connectivity index is 1.52. The van der Waals surface area contributed by atoms with E-state index in [1.54, 1.807) is 0 Å². The van der Waals surface area contributed by atoms with Crippen LogP contribution in [0.2, 0.25) is 0 Å². The Morgan fingerprint density at radius 2 is 1.34 bits per heavy atom. The van der Waals surface area contributed by atoms with Crippen LogP contribution in [0.4, 0.5) is 0 Å². The van der Waals surface area contributed by atoms with Gasteiger partial charge in [0, 0.05) is 12.0 Å². The lowest BCUT2D eigenvalue weighted by Gasteiger charge is -2.28. The van der Waals surface area contributed by atoms with Gasteiger partial charge in [-0.3, -0.25) is 0 Å². The zero-order chi connectivity index (χ0) is 20.4. The summed E-state index contributed by atoms with van der Waals surface area (Å²) in [6.45, 7) is 10.9. The largest absolute Gasteiger partial charge is 0.490 e. The van der Waals surface area contributed by atoms with Gasteiger partial charge in [0.15, 0.2) is 0 Å². The van der Waals surface area contributed by atoms with Crippen molar-refractivity contribution in [3.63, 3.8) is 0 Å². The van der Waals surface area contributed by atoms with Crippen LogP contribution in [0.25, 0.3) is 0 Å². The quantitative estimate of drug-likeness (QED) is 0.684. The van der Waals surface area contributed by atoms with Gasteiger partial charge in [-0.1, -0.05) is 38.1 Å². The van der Waals surface area contributed by atoms with Crippen LogP contribution in [-0.2, 0) is 5.41 Å². The molecule has 3 heteroatoms. The van der Waals surface area contributed by atoms with Crippen molar-refractivity contribution in [2.24, 2.45) is 0 Å². The van der Waals surface area contributed by atoms with E-state index in [9.17, 15) is 0 Å². The standard InChI is InChI=1S/C26H35NO2/c1-18-15-20(9-11-24(18)28-22-7-5-6-8-22)26(3,4)21-10-12-25(19(2)16-21)29-23-13-14-27-17-23/h9-12,15-16,22-23,27H,5-8,13-14,17H2,1-4H3. The summed E-state index contributed by atoms with van der Waals surface area (Å²) < 4.78 is 12.5. The number of aryl methyl sites for hydroxylation is 2. The normalized spacial score (nSPS) is 20.2. The van der Waals surface area contributed by atoms with E-state index >= 15 is 0 Å². The molecule has 2 fully saturated rings. The second-order valence-corrected chi connectivity index (χ2v) is 9.34. The summed E-state index contributed by atoms with van der Waals surface area (Å²) in [7, 11) is 0. The number of benzene rings is 2. The molecule has 1 aliphatic carbocycles. The zero-order valence-electron chi connectivity index (χ0n) is 18.4. The first-order valence-corrected chi connectivity index (χ1v) is 11.2. The first kappa shape index (κ1) is 20.3. The van der Waals surface area contributed by atoms with Crippen molar-refractivity contribution >= 4 is 0 Å². The van der Waals surface area contributed by atoms with Crippen molar-refractivity contribution in [1.29, 1.82) is 0 Å². The molecule has 1 aliphatic heterocycles. The molecule has 3 nitrogen and oxygen atoms in total. The molecule has 1 unspecified atom stereocenters. The van der Waals surface area contributed by atoms with Gasteiger partial charge in [-0.25, -0.2) is 0 Å². The summed E-state index contributed by atoms with van der Waals surface area (Å²) in [5, 5.41) is 3.37. The number of nitrogens with one attached hydrogen (secondary N) is 1. The third kappa shape index (κ3) is 4.45. The minimum atomic E-state index is -0.0746. The average Bonchev–Trinajstić information content (AvgIpc) is 3.39. The maximum Gasteiger partial charge on any atom is 0.122 e. The van der Waals surface area contributed by atoms with E-state index in [1.165, 1.54) is 47.9 Å². The summed E-state index contributed by atoms with van der Waals surface area (Å²) in [4.78, 5) is 0. The predicted molar refractivity (Wildman–Crippen MR) is 119 cm³/mol. The molecule has 1 atom stereocenters. The second kappa shape index (κ2) is 8.39. The Morgan fingerprint density at radius 1 is 0.793 bits per heavy atom. The van der Waals surface area contributed by atoms with Gasteiger partial charge in [-0.2, -0.15) is 0 Å². The molecule has 2 aromatic rings. The molecule has 1 N–H and O–H groups in total. The van der Waals surface area contributed by atoms with Crippen LogP contribution in [-0.4, -0.2) is 25.3 Å². The van der Waals surface area contributed by atoms with Gasteiger partial charge >= 0.3 is 0 Å². The maximum atomic E-state index is 6.26. The van der Waals surface area contributed by atoms with E-state index in [0.717, 1.165) is 31.0 Å². The second-order valence-electron chi connectivity index (χ2n) is 9.34. The van der Waals surface area contributed by atoms with Crippen LogP contribution < -0.4 is 14.8 Å². The summed E-state index contributed by atoms with van der Waals surface area (Å²) in [6, 6.07) is 13.4. The van der Waals surface area contributed by atoms with E-state index in [1.807, 2.05) is 0 Å². The van der Waals surface area contributed by atoms with E-state index in [2.05, 4.69) is 69.4 Å². The van der Waals surface area contributed by atoms with E-state index in [-0.39, 0.29) is 5.41 Å². The van der Waals surface area contributed by atoms with E-state index in [4.69, 9.17) is 9.47 Å². The van der Waals surface area contributed by atoms with Crippen molar-refractivity contribution in [3.8, 4) is 11.5 Å². The van der Waals surface area contributed by atoms with Gasteiger partial charge in [0.2, 0.25) is 0 Å². The maximum absolute atomic E-state index is 6.26. The molecule has 0 amide bonds. The highest BCUT2D eigenvalue weighted by Gasteiger charge is 2.26. The van der Waals surface area contributed by atoms with Crippen LogP contribution in [0.5, 0.6) is 11.5 Å². The lowest BCUT2D eigenvalue weighted by Crippen LogP contribution is -2.21. The third-order valence-electron chi connectivity index (χ3n) is 6.70. The van der Waals surface area contributed by atoms with Gasteiger partial charge < -0.3 is 14.8 Å². The SMILES string of the molecule is Cc1cc(C(C)(C)c2ccc(OC3CCNC3)c(C)c2)ccc1OC1CCCC1. The Hall–Kier alpha value is -2.00. The van der Waals surface area contributed by atoms with Crippen LogP contribution in [0.1, 0.15) is 68.2 Å². The van der Waals surface area contributed by atoms with Gasteiger partial charge in [-0.05, 0) is 86.9 Å². The molecule has 4 rings (SSSR count). The molecule has 0 bridgehead atoms. The molecule has 29 heavy (non-hydrogen) atoms. The smallest absolute Gasteiger partial charge is 0.122 e. The molecular weight excluding hydrogens is 358 g/mol. The summed E-state index contributed by atoms with van der Waals surface area (Å²) in [6.07, 6.45) is 6.76. The average molecular weight is 394 g/mol. The highest BCUT2D eigenvalue weighted by molar-refractivity contribution is 5.47. The Kier molecular flexibility index (Phi) is 5.87. The molecule has 2 aromatic carbocycles. The Bertz CT molecular complexity index is 776. The first-order chi connectivity index (χ1) is 13.9. The fraction of sp³-hybridized carbons (Fsp3) is 0.538. The molecule has 156 valence electrons. The monoisotopic (exact) mass is 393 g/mol. The minimum Gasteiger partial charge on any atom is -0.490 e. The number of ether oxygens (including phenoxy) is 2. The molecule has 1 saturated carbocycles. The molecule has 2 aliphatic rings. The fourth-order valence-corrected chi connectivity index (χ4v) is 4.60. The summed E-state index contributed by atoms with van der Waals surface area (Å²) in [5.74, 6) is 2.05. The third-order valence-corrected chi connectivity index (χ3v) is 6.70. The van der Waals surface area contributed by atoms with Gasteiger partial charge in [0.1, 0.15) is 17.6 Å². The van der Waals surface area contributed by atoms with Gasteiger partial charge in [0.05, 0.1) is 6.10 Å². The number of rotatable bonds is 6. The minimum absolute atomic E-state index is 0.0746. The van der Waals surface area contributed by atoms with E-state index < -0.39 is 0 Å². The van der Waals surface area contributed by atoms with E-state index in [0.29, 0.717) is 12.2 Å². The van der Waals surface area contributed by atoms with Crippen molar-refractivity contribution in [3.05, 3.63) is 58.7 Å². The predicted octanol–water partition coefficient (Wildman–Crippen LogP) is 5.69. The van der Waals surface area contributed by atoms with Crippen molar-refractivity contribution in [2.75, 3.05) is 13.1 Å². The Labute approximate surface area is 175 Å². The number of hydrogen-bond donors (Lipinski definition) is 1. The molecular formula is C26H35NO2. The molecule has 0 aromatic heterocycles. The molecule has 1 saturated heterocycles. The van der Waals surface area contributed by atoms with Crippen molar-refractivity contribution in [1.82, 2.24) is 5.32 Å². The van der Waals surface area contributed by atoms with Crippen LogP contribution in [0.15, 0.2) is 36.4 Å². The van der Waals surface area contributed by atoms with Gasteiger partial charge in [-0.15, -0.1) is 0 Å². The van der Waals surface area contributed by atoms with Gasteiger partial charge in [0.25, 0.3) is 0 Å². The summed E-state index contributed by atoms with van der Waals surface area (Å²) in [5.41, 5.74) is 5.00. The highest BCUT2D eigenvalue weighted by atomic mass is 16.5. The molecule has 0 radical (unpaired) electrons. The molecule has 0 spiro atoms. The zero-order valence-corrected chi connectivity index (χ0v) is 18.4. The van der Waals surface area contributed by atoms with Crippen LogP contribution in [0.3, 0.4) is 0 Å².